The van der Waals surface area contributed by atoms with Crippen LogP contribution in [0.5, 0.6) is 5.75 Å². The van der Waals surface area contributed by atoms with Gasteiger partial charge in [0.2, 0.25) is 0 Å². The third-order valence-electron chi connectivity index (χ3n) is 3.69. The van der Waals surface area contributed by atoms with Crippen LogP contribution in [0, 0.1) is 0 Å². The molecule has 135 valence electrons. The van der Waals surface area contributed by atoms with Crippen LogP contribution in [0.25, 0.3) is 0 Å². The van der Waals surface area contributed by atoms with Crippen molar-refractivity contribution in [2.75, 3.05) is 0 Å². The standard InChI is InChI=1S/C14H10B3N4O2.CH2B.2HI.V/c15-4-7-1-2-10(22)8(3-7)13-18-11-9(5-16)20-21(6-17)12(11)14(23)19-13;1-2;;;/h1-6,11-12,22H,(H,18,19,23);1H2;2*1H;/q;;;;+2/p-2. The monoisotopic (exact) mass is 629 g/mol. The van der Waals surface area contributed by atoms with Crippen LogP contribution in [-0.2, 0) is 14.3 Å². The summed E-state index contributed by atoms with van der Waals surface area (Å²) in [6.45, 7) is 2.75. The maximum atomic E-state index is 12.4. The Hall–Kier alpha value is -0.586. The SMILES string of the molecule is [B]=C.[B]=CC1=NN(C=[B])C2C(=O)NC(c3cc(C=[B])ccc3O)=NC12.[I][V][I]. The average Bonchev–Trinajstić information content (AvgIpc) is 3.09. The number of amides is 1. The molecule has 0 bridgehead atoms. The predicted molar refractivity (Wildman–Crippen MR) is 135 cm³/mol. The van der Waals surface area contributed by atoms with Crippen LogP contribution in [0.1, 0.15) is 11.1 Å². The number of aliphatic imine (C=N–C) groups is 1. The molecule has 0 saturated carbocycles. The predicted octanol–water partition coefficient (Wildman–Crippen LogP) is -0.749. The number of hydrazone groups is 1. The molecular weight excluding hydrogens is 616 g/mol. The summed E-state index contributed by atoms with van der Waals surface area (Å²) in [7, 11) is 21.4. The van der Waals surface area contributed by atoms with Crippen molar-refractivity contribution >= 4 is 112 Å². The number of hydrogen-bond donors (Lipinski definition) is 2. The summed E-state index contributed by atoms with van der Waals surface area (Å²) in [5.74, 6) is 2.53. The summed E-state index contributed by atoms with van der Waals surface area (Å²) < 4.78 is 0. The zero-order valence-electron chi connectivity index (χ0n) is 14.5. The molecule has 0 aliphatic carbocycles. The van der Waals surface area contributed by atoms with Crippen molar-refractivity contribution < 1.29 is 19.4 Å². The molecule has 3 rings (SSSR count). The molecule has 2 heterocycles. The summed E-state index contributed by atoms with van der Waals surface area (Å²) >= 11 is 4.74. The molecule has 2 aliphatic heterocycles. The van der Waals surface area contributed by atoms with E-state index in [4.69, 9.17) is 22.5 Å². The van der Waals surface area contributed by atoms with Gasteiger partial charge in [0, 0.05) is 0 Å². The number of hydrogen-bond acceptors (Lipinski definition) is 5. The van der Waals surface area contributed by atoms with Gasteiger partial charge in [-0.3, -0.25) is 0 Å². The van der Waals surface area contributed by atoms with E-state index in [1.165, 1.54) is 29.1 Å². The zero-order chi connectivity index (χ0) is 21.3. The first kappa shape index (κ1) is 25.5. The first-order valence-corrected chi connectivity index (χ1v) is 16.6. The Morgan fingerprint density at radius 1 is 1.25 bits per heavy atom. The van der Waals surface area contributed by atoms with Crippen molar-refractivity contribution in [2.24, 2.45) is 10.1 Å². The zero-order valence-corrected chi connectivity index (χ0v) is 20.2. The third-order valence-corrected chi connectivity index (χ3v) is 3.69. The quantitative estimate of drug-likeness (QED) is 0.341. The first-order chi connectivity index (χ1) is 13.5. The summed E-state index contributed by atoms with van der Waals surface area (Å²) in [5.41, 5.74) is 1.46. The van der Waals surface area contributed by atoms with Crippen LogP contribution in [0.2, 0.25) is 0 Å². The summed E-state index contributed by atoms with van der Waals surface area (Å²) in [6, 6.07) is 3.44. The van der Waals surface area contributed by atoms with Crippen LogP contribution in [0.15, 0.2) is 28.3 Å². The van der Waals surface area contributed by atoms with E-state index in [0.29, 0.717) is 26.3 Å². The number of rotatable bonds is 4. The molecule has 0 spiro atoms. The van der Waals surface area contributed by atoms with E-state index in [2.05, 4.69) is 69.3 Å². The third kappa shape index (κ3) is 5.96. The molecule has 2 unspecified atom stereocenters. The minimum atomic E-state index is -0.704. The second-order valence-corrected chi connectivity index (χ2v) is 16.9. The number of phenols is 1. The molecule has 2 aliphatic rings. The van der Waals surface area contributed by atoms with Crippen molar-refractivity contribution in [3.63, 3.8) is 0 Å². The molecule has 1 aromatic carbocycles. The van der Waals surface area contributed by atoms with Gasteiger partial charge in [-0.1, -0.05) is 0 Å². The van der Waals surface area contributed by atoms with E-state index in [-0.39, 0.29) is 17.5 Å². The Bertz CT molecular complexity index is 840. The number of halogens is 2. The molecule has 2 N–H and O–H groups in total. The van der Waals surface area contributed by atoms with Crippen molar-refractivity contribution in [2.45, 2.75) is 12.1 Å². The molecular formula is C15H12B4I2N4O2V. The number of nitrogens with one attached hydrogen (secondary N) is 1. The average molecular weight is 628 g/mol. The van der Waals surface area contributed by atoms with Crippen LogP contribution in [0.3, 0.4) is 0 Å². The van der Waals surface area contributed by atoms with Gasteiger partial charge in [0.1, 0.15) is 0 Å². The Kier molecular flexibility index (Phi) is 11.7. The van der Waals surface area contributed by atoms with E-state index in [0.717, 1.165) is 0 Å². The van der Waals surface area contributed by atoms with E-state index in [9.17, 15) is 9.90 Å². The fraction of sp³-hybridized carbons (Fsp3) is 0.133. The van der Waals surface area contributed by atoms with E-state index in [1.54, 1.807) is 12.1 Å². The molecule has 2 atom stereocenters. The number of fused-ring (bicyclic) bond motifs is 1. The number of carbonyl (C=O) groups excluding carboxylic acids is 1. The van der Waals surface area contributed by atoms with E-state index >= 15 is 0 Å². The van der Waals surface area contributed by atoms with Gasteiger partial charge in [0.05, 0.1) is 0 Å². The summed E-state index contributed by atoms with van der Waals surface area (Å²) in [5, 5.41) is 18.1. The number of phenolic OH excluding ortho intramolecular Hbond substituents is 1. The van der Waals surface area contributed by atoms with Gasteiger partial charge in [-0.15, -0.1) is 0 Å². The van der Waals surface area contributed by atoms with Gasteiger partial charge < -0.3 is 0 Å². The van der Waals surface area contributed by atoms with E-state index < -0.39 is 12.1 Å². The van der Waals surface area contributed by atoms with Gasteiger partial charge >= 0.3 is 199 Å². The molecule has 13 heteroatoms. The second-order valence-electron chi connectivity index (χ2n) is 5.08. The topological polar surface area (TPSA) is 77.3 Å². The minimum absolute atomic E-state index is 0.0245. The van der Waals surface area contributed by atoms with Crippen molar-refractivity contribution in [3.05, 3.63) is 29.3 Å². The van der Waals surface area contributed by atoms with Crippen molar-refractivity contribution in [1.29, 1.82) is 0 Å². The first-order valence-electron chi connectivity index (χ1n) is 7.57. The second kappa shape index (κ2) is 12.9. The number of amidine groups is 1. The Morgan fingerprint density at radius 3 is 2.43 bits per heavy atom. The molecule has 1 amide bonds. The molecule has 0 fully saturated rings. The number of benzene rings is 1. The van der Waals surface area contributed by atoms with Gasteiger partial charge in [-0.05, 0) is 0 Å². The van der Waals surface area contributed by atoms with Crippen molar-refractivity contribution in [1.82, 2.24) is 10.3 Å². The van der Waals surface area contributed by atoms with E-state index in [1.807, 2.05) is 0 Å². The fourth-order valence-corrected chi connectivity index (χ4v) is 2.57. The normalized spacial score (nSPS) is 19.1. The van der Waals surface area contributed by atoms with Gasteiger partial charge in [0.15, 0.2) is 0 Å². The molecule has 28 heavy (non-hydrogen) atoms. The summed E-state index contributed by atoms with van der Waals surface area (Å²) in [6.07, 6.45) is 1.19. The molecule has 0 aromatic heterocycles. The van der Waals surface area contributed by atoms with Crippen molar-refractivity contribution in [3.8, 4) is 5.75 Å². The molecule has 0 saturated heterocycles. The van der Waals surface area contributed by atoms with Crippen LogP contribution in [0.4, 0.5) is 0 Å². The van der Waals surface area contributed by atoms with Gasteiger partial charge in [0.25, 0.3) is 0 Å². The Balaban J connectivity index is 0.000000717. The fourth-order valence-electron chi connectivity index (χ4n) is 2.57. The molecule has 1 aromatic rings. The Labute approximate surface area is 197 Å². The maximum absolute atomic E-state index is 12.4. The van der Waals surface area contributed by atoms with Crippen LogP contribution >= 0.6 is 40.0 Å². The van der Waals surface area contributed by atoms with Crippen LogP contribution < -0.4 is 5.32 Å². The number of carbonyl (C=O) groups is 1. The molecule has 4 radical (unpaired) electrons. The number of nitrogens with zero attached hydrogens (tertiary/aromatic N) is 3. The Morgan fingerprint density at radius 2 is 1.89 bits per heavy atom. The number of aromatic hydroxyl groups is 1. The van der Waals surface area contributed by atoms with Gasteiger partial charge in [-0.25, -0.2) is 0 Å². The molecule has 6 nitrogen and oxygen atoms in total. The van der Waals surface area contributed by atoms with Gasteiger partial charge in [-0.2, -0.15) is 0 Å². The summed E-state index contributed by atoms with van der Waals surface area (Å²) in [4.78, 5) is 16.9. The van der Waals surface area contributed by atoms with Crippen LogP contribution in [-0.4, -0.2) is 94.1 Å².